The van der Waals surface area contributed by atoms with Crippen LogP contribution in [0.1, 0.15) is 17.4 Å². The van der Waals surface area contributed by atoms with Gasteiger partial charge in [0.05, 0.1) is 10.3 Å². The quantitative estimate of drug-likeness (QED) is 0.622. The average Bonchev–Trinajstić information content (AvgIpc) is 3.19. The van der Waals surface area contributed by atoms with Crippen molar-refractivity contribution in [1.29, 1.82) is 0 Å². The van der Waals surface area contributed by atoms with Gasteiger partial charge in [-0.25, -0.2) is 0 Å². The molecule has 0 aliphatic carbocycles. The smallest absolute Gasteiger partial charge is 0.245 e. The van der Waals surface area contributed by atoms with Gasteiger partial charge in [-0.05, 0) is 39.7 Å². The van der Waals surface area contributed by atoms with Gasteiger partial charge in [-0.15, -0.1) is 11.3 Å². The van der Waals surface area contributed by atoms with Crippen LogP contribution >= 0.6 is 27.3 Å². The molecular formula is C19H20BrN3O2S. The monoisotopic (exact) mass is 433 g/mol. The molecule has 0 aliphatic rings. The minimum atomic E-state index is -0.597. The van der Waals surface area contributed by atoms with E-state index >= 15 is 0 Å². The van der Waals surface area contributed by atoms with Crippen LogP contribution in [0.25, 0.3) is 10.9 Å². The summed E-state index contributed by atoms with van der Waals surface area (Å²) in [4.78, 5) is 30.5. The van der Waals surface area contributed by atoms with Crippen molar-refractivity contribution in [3.63, 3.8) is 0 Å². The van der Waals surface area contributed by atoms with Gasteiger partial charge in [-0.1, -0.05) is 18.2 Å². The third-order valence-corrected chi connectivity index (χ3v) is 5.78. The van der Waals surface area contributed by atoms with Gasteiger partial charge in [-0.3, -0.25) is 9.59 Å². The van der Waals surface area contributed by atoms with Gasteiger partial charge in [-0.2, -0.15) is 0 Å². The van der Waals surface area contributed by atoms with Gasteiger partial charge in [0.2, 0.25) is 11.8 Å². The minimum absolute atomic E-state index is 0.102. The van der Waals surface area contributed by atoms with Gasteiger partial charge in [0.25, 0.3) is 0 Å². The van der Waals surface area contributed by atoms with Crippen LogP contribution in [0.5, 0.6) is 0 Å². The molecule has 2 N–H and O–H groups in total. The van der Waals surface area contributed by atoms with Crippen molar-refractivity contribution < 1.29 is 9.59 Å². The lowest BCUT2D eigenvalue weighted by Crippen LogP contribution is -2.47. The van der Waals surface area contributed by atoms with Crippen LogP contribution in [-0.4, -0.2) is 34.8 Å². The minimum Gasteiger partial charge on any atom is -0.361 e. The molecule has 0 fully saturated rings. The van der Waals surface area contributed by atoms with E-state index in [-0.39, 0.29) is 11.8 Å². The molecule has 0 radical (unpaired) electrons. The summed E-state index contributed by atoms with van der Waals surface area (Å²) in [5.74, 6) is -0.314. The fraction of sp³-hybridized carbons (Fsp3) is 0.263. The number of likely N-dealkylation sites (N-methyl/N-ethyl adjacent to an activating group) is 1. The predicted molar refractivity (Wildman–Crippen MR) is 108 cm³/mol. The van der Waals surface area contributed by atoms with Gasteiger partial charge in [0.1, 0.15) is 6.04 Å². The highest BCUT2D eigenvalue weighted by Gasteiger charge is 2.24. The summed E-state index contributed by atoms with van der Waals surface area (Å²) in [5.41, 5.74) is 2.04. The van der Waals surface area contributed by atoms with Crippen LogP contribution in [0.4, 0.5) is 0 Å². The number of rotatable bonds is 6. The molecule has 5 nitrogen and oxygen atoms in total. The molecule has 3 aromatic rings. The number of amides is 2. The fourth-order valence-corrected chi connectivity index (χ4v) is 4.52. The summed E-state index contributed by atoms with van der Waals surface area (Å²) in [7, 11) is 1.76. The lowest BCUT2D eigenvalue weighted by molar-refractivity contribution is -0.135. The molecule has 0 aliphatic heterocycles. The number of aromatic amines is 1. The van der Waals surface area contributed by atoms with Gasteiger partial charge >= 0.3 is 0 Å². The fourth-order valence-electron chi connectivity index (χ4n) is 2.98. The summed E-state index contributed by atoms with van der Waals surface area (Å²) in [5, 5.41) is 3.87. The van der Waals surface area contributed by atoms with Crippen LogP contribution < -0.4 is 5.32 Å². The molecule has 26 heavy (non-hydrogen) atoms. The number of fused-ring (bicyclic) bond motifs is 1. The number of para-hydroxylation sites is 1. The maximum Gasteiger partial charge on any atom is 0.245 e. The van der Waals surface area contributed by atoms with Crippen molar-refractivity contribution in [3.05, 3.63) is 56.8 Å². The Balaban J connectivity index is 1.78. The van der Waals surface area contributed by atoms with E-state index < -0.39 is 6.04 Å². The first-order valence-corrected chi connectivity index (χ1v) is 9.86. The Bertz CT molecular complexity index is 934. The second kappa shape index (κ2) is 8.05. The van der Waals surface area contributed by atoms with E-state index in [9.17, 15) is 9.59 Å². The van der Waals surface area contributed by atoms with Gasteiger partial charge in [0.15, 0.2) is 0 Å². The Labute approximate surface area is 164 Å². The number of thiophene rings is 1. The molecule has 136 valence electrons. The van der Waals surface area contributed by atoms with Crippen molar-refractivity contribution in [2.45, 2.75) is 25.9 Å². The van der Waals surface area contributed by atoms with Crippen LogP contribution in [0.2, 0.25) is 0 Å². The molecule has 0 unspecified atom stereocenters. The standard InChI is InChI=1S/C19H20BrN3O2S/c1-12(24)22-17(9-13-10-21-16-6-4-3-5-15(13)16)19(25)23(2)11-14-7-8-18(20)26-14/h3-8,10,17,21H,9,11H2,1-2H3,(H,22,24)/t17-/m0/s1. The number of hydrogen-bond acceptors (Lipinski definition) is 3. The van der Waals surface area contributed by atoms with Crippen LogP contribution in [0.15, 0.2) is 46.4 Å². The highest BCUT2D eigenvalue weighted by atomic mass is 79.9. The Morgan fingerprint density at radius 2 is 2.04 bits per heavy atom. The molecule has 2 aromatic heterocycles. The highest BCUT2D eigenvalue weighted by molar-refractivity contribution is 9.11. The molecule has 7 heteroatoms. The van der Waals surface area contributed by atoms with Crippen molar-refractivity contribution in [2.24, 2.45) is 0 Å². The number of nitrogens with one attached hydrogen (secondary N) is 2. The number of nitrogens with zero attached hydrogens (tertiary/aromatic N) is 1. The van der Waals surface area contributed by atoms with Crippen molar-refractivity contribution in [3.8, 4) is 0 Å². The molecular weight excluding hydrogens is 414 g/mol. The molecule has 0 saturated carbocycles. The van der Waals surface area contributed by atoms with E-state index in [0.717, 1.165) is 25.1 Å². The first-order chi connectivity index (χ1) is 12.4. The topological polar surface area (TPSA) is 65.2 Å². The average molecular weight is 434 g/mol. The first-order valence-electron chi connectivity index (χ1n) is 8.25. The lowest BCUT2D eigenvalue weighted by atomic mass is 10.0. The summed E-state index contributed by atoms with van der Waals surface area (Å²) in [6.07, 6.45) is 2.35. The molecule has 1 atom stereocenters. The van der Waals surface area contributed by atoms with Crippen molar-refractivity contribution in [2.75, 3.05) is 7.05 Å². The lowest BCUT2D eigenvalue weighted by Gasteiger charge is -2.24. The third kappa shape index (κ3) is 4.34. The summed E-state index contributed by atoms with van der Waals surface area (Å²) >= 11 is 5.03. The first kappa shape index (κ1) is 18.7. The highest BCUT2D eigenvalue weighted by Crippen LogP contribution is 2.24. The molecule has 0 saturated heterocycles. The number of carbonyl (C=O) groups excluding carboxylic acids is 2. The van der Waals surface area contributed by atoms with Crippen LogP contribution in [-0.2, 0) is 22.6 Å². The second-order valence-electron chi connectivity index (χ2n) is 6.22. The summed E-state index contributed by atoms with van der Waals surface area (Å²) in [6.45, 7) is 1.95. The van der Waals surface area contributed by atoms with Crippen LogP contribution in [0, 0.1) is 0 Å². The number of halogens is 1. The number of aromatic nitrogens is 1. The number of H-pyrrole nitrogens is 1. The van der Waals surface area contributed by atoms with Crippen LogP contribution in [0.3, 0.4) is 0 Å². The predicted octanol–water partition coefficient (Wildman–Crippen LogP) is 3.70. The normalized spacial score (nSPS) is 12.1. The van der Waals surface area contributed by atoms with E-state index in [0.29, 0.717) is 13.0 Å². The largest absolute Gasteiger partial charge is 0.361 e. The number of carbonyl (C=O) groups is 2. The van der Waals surface area contributed by atoms with E-state index in [1.807, 2.05) is 42.6 Å². The summed E-state index contributed by atoms with van der Waals surface area (Å²) in [6, 6.07) is 11.3. The molecule has 2 amide bonds. The maximum absolute atomic E-state index is 12.9. The zero-order valence-electron chi connectivity index (χ0n) is 14.6. The Morgan fingerprint density at radius 3 is 2.73 bits per heavy atom. The molecule has 0 bridgehead atoms. The SMILES string of the molecule is CC(=O)N[C@@H](Cc1c[nH]c2ccccc12)C(=O)N(C)Cc1ccc(Br)s1. The number of hydrogen-bond donors (Lipinski definition) is 2. The maximum atomic E-state index is 12.9. The second-order valence-corrected chi connectivity index (χ2v) is 8.76. The molecule has 1 aromatic carbocycles. The Kier molecular flexibility index (Phi) is 5.78. The zero-order chi connectivity index (χ0) is 18.7. The molecule has 0 spiro atoms. The van der Waals surface area contributed by atoms with Crippen molar-refractivity contribution >= 4 is 50.0 Å². The van der Waals surface area contributed by atoms with Gasteiger partial charge < -0.3 is 15.2 Å². The Morgan fingerprint density at radius 1 is 1.27 bits per heavy atom. The summed E-state index contributed by atoms with van der Waals surface area (Å²) < 4.78 is 1.03. The zero-order valence-corrected chi connectivity index (χ0v) is 17.0. The number of benzene rings is 1. The van der Waals surface area contributed by atoms with E-state index in [2.05, 4.69) is 26.2 Å². The van der Waals surface area contributed by atoms with E-state index in [1.54, 1.807) is 23.3 Å². The van der Waals surface area contributed by atoms with Crippen molar-refractivity contribution in [1.82, 2.24) is 15.2 Å². The third-order valence-electron chi connectivity index (χ3n) is 4.17. The van der Waals surface area contributed by atoms with E-state index in [1.165, 1.54) is 6.92 Å². The molecule has 3 rings (SSSR count). The van der Waals surface area contributed by atoms with Gasteiger partial charge in [0, 0.05) is 42.4 Å². The molecule has 2 heterocycles. The van der Waals surface area contributed by atoms with E-state index in [4.69, 9.17) is 0 Å². The Hall–Kier alpha value is -2.12.